The first kappa shape index (κ1) is 11.5. The number of anilines is 1. The smallest absolute Gasteiger partial charge is 0.227 e. The van der Waals surface area contributed by atoms with Gasteiger partial charge in [-0.15, -0.1) is 0 Å². The van der Waals surface area contributed by atoms with Crippen molar-refractivity contribution >= 4 is 11.6 Å². The molecule has 0 saturated heterocycles. The number of ether oxygens (including phenoxy) is 1. The molecular formula is C14H18N2O2. The van der Waals surface area contributed by atoms with Gasteiger partial charge in [0.2, 0.25) is 11.8 Å². The van der Waals surface area contributed by atoms with Crippen molar-refractivity contribution in [2.45, 2.75) is 25.7 Å². The number of hydrogen-bond donors (Lipinski definition) is 1. The normalized spacial score (nSPS) is 29.3. The minimum atomic E-state index is 0.161. The lowest BCUT2D eigenvalue weighted by molar-refractivity contribution is -0.121. The van der Waals surface area contributed by atoms with Crippen LogP contribution in [0.1, 0.15) is 25.7 Å². The summed E-state index contributed by atoms with van der Waals surface area (Å²) in [7, 11) is 1.58. The van der Waals surface area contributed by atoms with Crippen LogP contribution in [0, 0.1) is 17.8 Å². The van der Waals surface area contributed by atoms with Gasteiger partial charge in [0.25, 0.3) is 0 Å². The lowest BCUT2D eigenvalue weighted by atomic mass is 9.88. The zero-order chi connectivity index (χ0) is 12.5. The van der Waals surface area contributed by atoms with Crippen molar-refractivity contribution in [1.29, 1.82) is 0 Å². The van der Waals surface area contributed by atoms with Crippen LogP contribution in [0.5, 0.6) is 5.88 Å². The number of aromatic nitrogens is 1. The number of nitrogens with zero attached hydrogens (tertiary/aromatic N) is 1. The van der Waals surface area contributed by atoms with E-state index in [1.165, 1.54) is 19.3 Å². The van der Waals surface area contributed by atoms with E-state index in [0.29, 0.717) is 11.8 Å². The topological polar surface area (TPSA) is 51.2 Å². The molecule has 2 bridgehead atoms. The van der Waals surface area contributed by atoms with Crippen LogP contribution < -0.4 is 10.1 Å². The molecule has 0 aliphatic heterocycles. The minimum Gasteiger partial charge on any atom is -0.481 e. The van der Waals surface area contributed by atoms with Gasteiger partial charge in [-0.3, -0.25) is 4.79 Å². The summed E-state index contributed by atoms with van der Waals surface area (Å²) >= 11 is 0. The molecule has 2 aliphatic rings. The highest BCUT2D eigenvalue weighted by Gasteiger charge is 2.42. The van der Waals surface area contributed by atoms with Crippen molar-refractivity contribution < 1.29 is 9.53 Å². The average molecular weight is 246 g/mol. The highest BCUT2D eigenvalue weighted by atomic mass is 16.5. The Kier molecular flexibility index (Phi) is 2.94. The maximum Gasteiger partial charge on any atom is 0.227 e. The molecule has 1 heterocycles. The lowest BCUT2D eigenvalue weighted by Crippen LogP contribution is -2.27. The molecule has 2 fully saturated rings. The summed E-state index contributed by atoms with van der Waals surface area (Å²) in [6, 6.07) is 3.59. The second kappa shape index (κ2) is 4.59. The number of nitrogens with one attached hydrogen (secondary N) is 1. The summed E-state index contributed by atoms with van der Waals surface area (Å²) in [6.45, 7) is 0. The zero-order valence-electron chi connectivity index (χ0n) is 10.6. The Bertz CT molecular complexity index is 444. The molecule has 3 rings (SSSR count). The molecule has 0 radical (unpaired) electrons. The van der Waals surface area contributed by atoms with Crippen LogP contribution in [-0.4, -0.2) is 18.0 Å². The highest BCUT2D eigenvalue weighted by molar-refractivity contribution is 5.92. The first-order valence-electron chi connectivity index (χ1n) is 6.57. The molecule has 2 saturated carbocycles. The molecule has 18 heavy (non-hydrogen) atoms. The number of carbonyl (C=O) groups is 1. The van der Waals surface area contributed by atoms with Gasteiger partial charge in [-0.05, 0) is 37.2 Å². The molecule has 1 aromatic rings. The second-order valence-electron chi connectivity index (χ2n) is 5.36. The fourth-order valence-electron chi connectivity index (χ4n) is 3.38. The van der Waals surface area contributed by atoms with Crippen LogP contribution in [0.3, 0.4) is 0 Å². The number of fused-ring (bicyclic) bond motifs is 2. The number of hydrogen-bond acceptors (Lipinski definition) is 3. The van der Waals surface area contributed by atoms with Crippen LogP contribution in [0.4, 0.5) is 5.69 Å². The zero-order valence-corrected chi connectivity index (χ0v) is 10.6. The summed E-state index contributed by atoms with van der Waals surface area (Å²) in [4.78, 5) is 16.3. The molecule has 1 N–H and O–H groups in total. The summed E-state index contributed by atoms with van der Waals surface area (Å²) in [5, 5.41) is 2.96. The first-order valence-corrected chi connectivity index (χ1v) is 6.57. The minimum absolute atomic E-state index is 0.161. The predicted octanol–water partition coefficient (Wildman–Crippen LogP) is 2.46. The molecule has 4 heteroatoms. The maximum absolute atomic E-state index is 12.2. The molecule has 0 aromatic carbocycles. The highest BCUT2D eigenvalue weighted by Crippen LogP contribution is 2.48. The van der Waals surface area contributed by atoms with E-state index in [1.807, 2.05) is 6.07 Å². The SMILES string of the molecule is COc1ccc(NC(=O)[C@@H]2C[C@H]3CC[C@H]2C3)cn1. The number of amides is 1. The third-order valence-corrected chi connectivity index (χ3v) is 4.29. The van der Waals surface area contributed by atoms with Crippen LogP contribution >= 0.6 is 0 Å². The molecule has 4 nitrogen and oxygen atoms in total. The van der Waals surface area contributed by atoms with Gasteiger partial charge in [-0.2, -0.15) is 0 Å². The van der Waals surface area contributed by atoms with Crippen LogP contribution in [0.15, 0.2) is 18.3 Å². The van der Waals surface area contributed by atoms with Gasteiger partial charge in [-0.25, -0.2) is 4.98 Å². The van der Waals surface area contributed by atoms with Crippen LogP contribution in [0.2, 0.25) is 0 Å². The van der Waals surface area contributed by atoms with E-state index in [-0.39, 0.29) is 11.8 Å². The molecule has 0 unspecified atom stereocenters. The molecule has 1 aromatic heterocycles. The van der Waals surface area contributed by atoms with Crippen molar-refractivity contribution in [2.75, 3.05) is 12.4 Å². The maximum atomic E-state index is 12.2. The average Bonchev–Trinajstić information content (AvgIpc) is 3.02. The Balaban J connectivity index is 1.63. The Morgan fingerprint density at radius 3 is 2.83 bits per heavy atom. The second-order valence-corrected chi connectivity index (χ2v) is 5.36. The molecule has 1 amide bonds. The third-order valence-electron chi connectivity index (χ3n) is 4.29. The molecule has 3 atom stereocenters. The quantitative estimate of drug-likeness (QED) is 0.891. The Morgan fingerprint density at radius 2 is 2.28 bits per heavy atom. The number of methoxy groups -OCH3 is 1. The largest absolute Gasteiger partial charge is 0.481 e. The van der Waals surface area contributed by atoms with Gasteiger partial charge in [0, 0.05) is 12.0 Å². The van der Waals surface area contributed by atoms with E-state index in [1.54, 1.807) is 19.4 Å². The fourth-order valence-corrected chi connectivity index (χ4v) is 3.38. The van der Waals surface area contributed by atoms with E-state index < -0.39 is 0 Å². The third kappa shape index (κ3) is 2.07. The summed E-state index contributed by atoms with van der Waals surface area (Å²) in [5.41, 5.74) is 0.753. The van der Waals surface area contributed by atoms with Gasteiger partial charge in [-0.1, -0.05) is 6.42 Å². The summed E-state index contributed by atoms with van der Waals surface area (Å²) < 4.78 is 4.99. The first-order chi connectivity index (χ1) is 8.76. The monoisotopic (exact) mass is 246 g/mol. The van der Waals surface area contributed by atoms with Crippen molar-refractivity contribution in [1.82, 2.24) is 4.98 Å². The van der Waals surface area contributed by atoms with Crippen molar-refractivity contribution in [3.8, 4) is 5.88 Å². The van der Waals surface area contributed by atoms with Gasteiger partial charge in [0.05, 0.1) is 19.0 Å². The van der Waals surface area contributed by atoms with Crippen LogP contribution in [0.25, 0.3) is 0 Å². The van der Waals surface area contributed by atoms with Crippen LogP contribution in [-0.2, 0) is 4.79 Å². The van der Waals surface area contributed by atoms with Gasteiger partial charge in [0.1, 0.15) is 0 Å². The molecule has 2 aliphatic carbocycles. The van der Waals surface area contributed by atoms with Crippen molar-refractivity contribution in [2.24, 2.45) is 17.8 Å². The summed E-state index contributed by atoms with van der Waals surface area (Å²) in [5.74, 6) is 2.34. The number of pyridine rings is 1. The van der Waals surface area contributed by atoms with E-state index in [9.17, 15) is 4.79 Å². The lowest BCUT2D eigenvalue weighted by Gasteiger charge is -2.20. The fraction of sp³-hybridized carbons (Fsp3) is 0.571. The number of rotatable bonds is 3. The van der Waals surface area contributed by atoms with E-state index in [4.69, 9.17) is 4.74 Å². The van der Waals surface area contributed by atoms with E-state index >= 15 is 0 Å². The van der Waals surface area contributed by atoms with Crippen molar-refractivity contribution in [3.05, 3.63) is 18.3 Å². The van der Waals surface area contributed by atoms with Gasteiger partial charge in [0.15, 0.2) is 0 Å². The molecular weight excluding hydrogens is 228 g/mol. The van der Waals surface area contributed by atoms with E-state index in [0.717, 1.165) is 18.0 Å². The molecule has 96 valence electrons. The van der Waals surface area contributed by atoms with Crippen molar-refractivity contribution in [3.63, 3.8) is 0 Å². The number of carbonyl (C=O) groups excluding carboxylic acids is 1. The Morgan fingerprint density at radius 1 is 1.39 bits per heavy atom. The molecule has 0 spiro atoms. The van der Waals surface area contributed by atoms with Gasteiger partial charge < -0.3 is 10.1 Å². The Labute approximate surface area is 107 Å². The van der Waals surface area contributed by atoms with Gasteiger partial charge >= 0.3 is 0 Å². The standard InChI is InChI=1S/C14H18N2O2/c1-18-13-5-4-11(8-15-13)16-14(17)12-7-9-2-3-10(12)6-9/h4-5,8-10,12H,2-3,6-7H2,1H3,(H,16,17)/t9-,10-,12+/m0/s1. The Hall–Kier alpha value is -1.58. The van der Waals surface area contributed by atoms with E-state index in [2.05, 4.69) is 10.3 Å². The summed E-state index contributed by atoms with van der Waals surface area (Å²) in [6.07, 6.45) is 6.51. The predicted molar refractivity (Wildman–Crippen MR) is 68.4 cm³/mol.